The van der Waals surface area contributed by atoms with Gasteiger partial charge in [-0.2, -0.15) is 0 Å². The SMILES string of the molecule is CCC(C)CC(F)(CN)c1ccccc1. The standard InChI is InChI=1S/C13H20FN/c1-3-11(2)9-13(14,10-15)12-7-5-4-6-8-12/h4-8,11H,3,9-10,15H2,1-2H3. The van der Waals surface area contributed by atoms with E-state index in [0.717, 1.165) is 6.42 Å². The van der Waals surface area contributed by atoms with Crippen molar-refractivity contribution in [3.05, 3.63) is 35.9 Å². The minimum absolute atomic E-state index is 0.0569. The first-order valence-corrected chi connectivity index (χ1v) is 5.57. The van der Waals surface area contributed by atoms with Gasteiger partial charge in [-0.1, -0.05) is 50.6 Å². The van der Waals surface area contributed by atoms with Crippen LogP contribution in [0, 0.1) is 5.92 Å². The van der Waals surface area contributed by atoms with Crippen molar-refractivity contribution < 1.29 is 4.39 Å². The molecule has 0 fully saturated rings. The summed E-state index contributed by atoms with van der Waals surface area (Å²) in [6.07, 6.45) is 1.49. The first-order valence-electron chi connectivity index (χ1n) is 5.57. The highest BCUT2D eigenvalue weighted by Crippen LogP contribution is 2.32. The van der Waals surface area contributed by atoms with Gasteiger partial charge in [-0.25, -0.2) is 4.39 Å². The fraction of sp³-hybridized carbons (Fsp3) is 0.538. The third-order valence-corrected chi connectivity index (χ3v) is 2.98. The molecule has 0 aromatic heterocycles. The van der Waals surface area contributed by atoms with Crippen LogP contribution in [-0.2, 0) is 5.67 Å². The molecular weight excluding hydrogens is 189 g/mol. The van der Waals surface area contributed by atoms with Gasteiger partial charge < -0.3 is 5.73 Å². The third-order valence-electron chi connectivity index (χ3n) is 2.98. The predicted molar refractivity (Wildman–Crippen MR) is 62.4 cm³/mol. The molecule has 2 heteroatoms. The molecule has 1 rings (SSSR count). The molecule has 1 aromatic carbocycles. The summed E-state index contributed by atoms with van der Waals surface area (Å²) in [5, 5.41) is 0. The number of benzene rings is 1. The van der Waals surface area contributed by atoms with Gasteiger partial charge >= 0.3 is 0 Å². The van der Waals surface area contributed by atoms with Gasteiger partial charge in [0.25, 0.3) is 0 Å². The van der Waals surface area contributed by atoms with Crippen LogP contribution in [0.1, 0.15) is 32.3 Å². The minimum Gasteiger partial charge on any atom is -0.327 e. The van der Waals surface area contributed by atoms with Gasteiger partial charge in [-0.15, -0.1) is 0 Å². The van der Waals surface area contributed by atoms with Crippen molar-refractivity contribution in [3.8, 4) is 0 Å². The summed E-state index contributed by atoms with van der Waals surface area (Å²) in [6.45, 7) is 4.20. The summed E-state index contributed by atoms with van der Waals surface area (Å²) in [5.74, 6) is 0.360. The van der Waals surface area contributed by atoms with E-state index < -0.39 is 5.67 Å². The Kier molecular flexibility index (Phi) is 4.28. The molecule has 0 amide bonds. The first-order chi connectivity index (χ1) is 7.12. The van der Waals surface area contributed by atoms with Crippen molar-refractivity contribution in [1.82, 2.24) is 0 Å². The Bertz CT molecular complexity index is 286. The molecule has 2 N–H and O–H groups in total. The first kappa shape index (κ1) is 12.2. The lowest BCUT2D eigenvalue weighted by Crippen LogP contribution is -2.32. The van der Waals surface area contributed by atoms with Crippen LogP contribution < -0.4 is 5.73 Å². The summed E-state index contributed by atoms with van der Waals surface area (Å²) >= 11 is 0. The normalized spacial score (nSPS) is 17.1. The number of halogens is 1. The maximum atomic E-state index is 14.6. The van der Waals surface area contributed by atoms with Crippen molar-refractivity contribution in [2.75, 3.05) is 6.54 Å². The zero-order valence-electron chi connectivity index (χ0n) is 9.54. The number of alkyl halides is 1. The van der Waals surface area contributed by atoms with Gasteiger partial charge in [0.05, 0.1) is 0 Å². The van der Waals surface area contributed by atoms with Crippen molar-refractivity contribution in [3.63, 3.8) is 0 Å². The van der Waals surface area contributed by atoms with E-state index in [1.165, 1.54) is 0 Å². The van der Waals surface area contributed by atoms with Crippen molar-refractivity contribution in [1.29, 1.82) is 0 Å². The summed E-state index contributed by atoms with van der Waals surface area (Å²) in [5.41, 5.74) is 4.90. The lowest BCUT2D eigenvalue weighted by atomic mass is 9.86. The van der Waals surface area contributed by atoms with Gasteiger partial charge in [0, 0.05) is 6.54 Å². The van der Waals surface area contributed by atoms with E-state index in [9.17, 15) is 4.39 Å². The molecule has 0 saturated carbocycles. The Morgan fingerprint density at radius 1 is 1.33 bits per heavy atom. The highest BCUT2D eigenvalue weighted by Gasteiger charge is 2.31. The highest BCUT2D eigenvalue weighted by molar-refractivity contribution is 5.22. The van der Waals surface area contributed by atoms with Crippen LogP contribution in [-0.4, -0.2) is 6.54 Å². The Morgan fingerprint density at radius 2 is 1.93 bits per heavy atom. The van der Waals surface area contributed by atoms with E-state index >= 15 is 0 Å². The number of rotatable bonds is 5. The summed E-state index contributed by atoms with van der Waals surface area (Å²) in [6, 6.07) is 9.24. The quantitative estimate of drug-likeness (QED) is 0.791. The van der Waals surface area contributed by atoms with Crippen LogP contribution in [0.15, 0.2) is 30.3 Å². The Hall–Kier alpha value is -0.890. The monoisotopic (exact) mass is 209 g/mol. The van der Waals surface area contributed by atoms with E-state index in [1.54, 1.807) is 0 Å². The van der Waals surface area contributed by atoms with Crippen LogP contribution in [0.3, 0.4) is 0 Å². The largest absolute Gasteiger partial charge is 0.327 e. The molecule has 0 bridgehead atoms. The number of hydrogen-bond acceptors (Lipinski definition) is 1. The van der Waals surface area contributed by atoms with Gasteiger partial charge in [-0.3, -0.25) is 0 Å². The molecule has 0 heterocycles. The van der Waals surface area contributed by atoms with Crippen LogP contribution in [0.4, 0.5) is 4.39 Å². The number of hydrogen-bond donors (Lipinski definition) is 1. The van der Waals surface area contributed by atoms with Crippen molar-refractivity contribution in [2.45, 2.75) is 32.4 Å². The summed E-state index contributed by atoms with van der Waals surface area (Å²) < 4.78 is 14.6. The fourth-order valence-electron chi connectivity index (χ4n) is 1.75. The summed E-state index contributed by atoms with van der Waals surface area (Å²) in [4.78, 5) is 0. The van der Waals surface area contributed by atoms with E-state index in [0.29, 0.717) is 17.9 Å². The highest BCUT2D eigenvalue weighted by atomic mass is 19.1. The second-order valence-corrected chi connectivity index (χ2v) is 4.25. The van der Waals surface area contributed by atoms with Crippen LogP contribution >= 0.6 is 0 Å². The molecule has 0 radical (unpaired) electrons. The molecule has 1 aromatic rings. The fourth-order valence-corrected chi connectivity index (χ4v) is 1.75. The average molecular weight is 209 g/mol. The molecule has 0 aliphatic carbocycles. The van der Waals surface area contributed by atoms with Crippen LogP contribution in [0.2, 0.25) is 0 Å². The molecule has 15 heavy (non-hydrogen) atoms. The van der Waals surface area contributed by atoms with Crippen LogP contribution in [0.25, 0.3) is 0 Å². The molecule has 84 valence electrons. The second kappa shape index (κ2) is 5.26. The molecule has 2 atom stereocenters. The summed E-state index contributed by atoms with van der Waals surface area (Å²) in [7, 11) is 0. The molecule has 0 spiro atoms. The molecule has 0 aliphatic rings. The molecule has 0 aliphatic heterocycles. The van der Waals surface area contributed by atoms with Gasteiger partial charge in [0.1, 0.15) is 5.67 Å². The predicted octanol–water partition coefficient (Wildman–Crippen LogP) is 3.25. The molecule has 0 saturated heterocycles. The Labute approximate surface area is 91.5 Å². The maximum Gasteiger partial charge on any atom is 0.148 e. The zero-order valence-corrected chi connectivity index (χ0v) is 9.54. The lowest BCUT2D eigenvalue weighted by Gasteiger charge is -2.27. The molecule has 1 nitrogen and oxygen atoms in total. The average Bonchev–Trinajstić information content (AvgIpc) is 2.30. The second-order valence-electron chi connectivity index (χ2n) is 4.25. The topological polar surface area (TPSA) is 26.0 Å². The van der Waals surface area contributed by atoms with Gasteiger partial charge in [0.2, 0.25) is 0 Å². The zero-order chi connectivity index (χ0) is 11.3. The van der Waals surface area contributed by atoms with Crippen molar-refractivity contribution >= 4 is 0 Å². The van der Waals surface area contributed by atoms with E-state index in [2.05, 4.69) is 13.8 Å². The molecule has 2 unspecified atom stereocenters. The minimum atomic E-state index is -1.36. The Morgan fingerprint density at radius 3 is 2.40 bits per heavy atom. The van der Waals surface area contributed by atoms with E-state index in [4.69, 9.17) is 5.73 Å². The van der Waals surface area contributed by atoms with E-state index in [-0.39, 0.29) is 6.54 Å². The lowest BCUT2D eigenvalue weighted by molar-refractivity contribution is 0.134. The van der Waals surface area contributed by atoms with E-state index in [1.807, 2.05) is 30.3 Å². The van der Waals surface area contributed by atoms with Crippen molar-refractivity contribution in [2.24, 2.45) is 11.7 Å². The van der Waals surface area contributed by atoms with Crippen LogP contribution in [0.5, 0.6) is 0 Å². The molecular formula is C13H20FN. The third kappa shape index (κ3) is 3.03. The smallest absolute Gasteiger partial charge is 0.148 e. The van der Waals surface area contributed by atoms with Gasteiger partial charge in [0.15, 0.2) is 0 Å². The number of nitrogens with two attached hydrogens (primary N) is 1. The maximum absolute atomic E-state index is 14.6. The van der Waals surface area contributed by atoms with Gasteiger partial charge in [-0.05, 0) is 17.9 Å². The Balaban J connectivity index is 2.85.